The van der Waals surface area contributed by atoms with Crippen LogP contribution in [0.1, 0.15) is 33.8 Å². The quantitative estimate of drug-likeness (QED) is 0.213. The summed E-state index contributed by atoms with van der Waals surface area (Å²) in [5, 5.41) is 0.513. The first kappa shape index (κ1) is 28.8. The Morgan fingerprint density at radius 3 is 2.40 bits per heavy atom. The van der Waals surface area contributed by atoms with E-state index in [1.54, 1.807) is 44.2 Å². The molecule has 0 fully saturated rings. The molecule has 4 aromatic heterocycles. The second kappa shape index (κ2) is 10.6. The fourth-order valence-corrected chi connectivity index (χ4v) is 4.67. The zero-order valence-corrected chi connectivity index (χ0v) is 22.5. The van der Waals surface area contributed by atoms with Gasteiger partial charge in [0.25, 0.3) is 5.56 Å². The molecular weight excluding hydrogens is 564 g/mol. The van der Waals surface area contributed by atoms with Crippen LogP contribution in [0.15, 0.2) is 65.8 Å². The molecule has 0 aliphatic heterocycles. The van der Waals surface area contributed by atoms with E-state index in [4.69, 9.17) is 4.74 Å². The number of hydrogen-bond acceptors (Lipinski definition) is 5. The summed E-state index contributed by atoms with van der Waals surface area (Å²) in [6.45, 7) is 3.19. The second-order valence-electron chi connectivity index (χ2n) is 9.72. The van der Waals surface area contributed by atoms with Crippen LogP contribution in [0.3, 0.4) is 0 Å². The highest BCUT2D eigenvalue weighted by Crippen LogP contribution is 2.36. The Kier molecular flexibility index (Phi) is 7.29. The van der Waals surface area contributed by atoms with Gasteiger partial charge in [0.2, 0.25) is 0 Å². The monoisotopic (exact) mass is 587 g/mol. The summed E-state index contributed by atoms with van der Waals surface area (Å²) >= 11 is 0. The number of benzene rings is 1. The predicted octanol–water partition coefficient (Wildman–Crippen LogP) is 6.47. The van der Waals surface area contributed by atoms with Crippen molar-refractivity contribution in [3.05, 3.63) is 105 Å². The van der Waals surface area contributed by atoms with Gasteiger partial charge in [0.15, 0.2) is 5.69 Å². The molecule has 0 unspecified atom stereocenters. The number of ether oxygens (including phenoxy) is 1. The van der Waals surface area contributed by atoms with E-state index in [0.717, 1.165) is 28.5 Å². The average molecular weight is 588 g/mol. The first-order valence-electron chi connectivity index (χ1n) is 12.6. The SMILES string of the molecule is Cc1cc(-c2nc(C(F)(F)F)cn2C)c2cccc(OCc3c(C)ccnc3Cn3cccc(C(F)(F)F)c3=O)c2n1. The Morgan fingerprint density at radius 2 is 1.71 bits per heavy atom. The molecule has 4 heterocycles. The molecule has 0 saturated carbocycles. The van der Waals surface area contributed by atoms with Crippen molar-refractivity contribution in [3.63, 3.8) is 0 Å². The van der Waals surface area contributed by atoms with Gasteiger partial charge < -0.3 is 13.9 Å². The molecule has 0 radical (unpaired) electrons. The van der Waals surface area contributed by atoms with E-state index in [9.17, 15) is 31.1 Å². The third-order valence-electron chi connectivity index (χ3n) is 6.74. The van der Waals surface area contributed by atoms with Crippen LogP contribution in [0.2, 0.25) is 0 Å². The van der Waals surface area contributed by atoms with Gasteiger partial charge in [0, 0.05) is 47.8 Å². The Labute approximate surface area is 235 Å². The number of imidazole rings is 1. The van der Waals surface area contributed by atoms with E-state index in [1.165, 1.54) is 24.0 Å². The van der Waals surface area contributed by atoms with Gasteiger partial charge in [-0.25, -0.2) is 9.97 Å². The molecule has 7 nitrogen and oxygen atoms in total. The van der Waals surface area contributed by atoms with E-state index >= 15 is 0 Å². The highest BCUT2D eigenvalue weighted by atomic mass is 19.4. The lowest BCUT2D eigenvalue weighted by atomic mass is 10.1. The molecule has 0 amide bonds. The van der Waals surface area contributed by atoms with E-state index in [-0.39, 0.29) is 19.0 Å². The summed E-state index contributed by atoms with van der Waals surface area (Å²) in [5.41, 5.74) is -0.508. The van der Waals surface area contributed by atoms with Gasteiger partial charge in [-0.2, -0.15) is 26.3 Å². The Morgan fingerprint density at radius 1 is 0.952 bits per heavy atom. The molecule has 0 saturated heterocycles. The molecule has 5 rings (SSSR count). The van der Waals surface area contributed by atoms with Crippen molar-refractivity contribution >= 4 is 10.9 Å². The molecular formula is C29H23F6N5O2. The smallest absolute Gasteiger partial charge is 0.434 e. The van der Waals surface area contributed by atoms with E-state index < -0.39 is 29.2 Å². The number of aromatic nitrogens is 5. The van der Waals surface area contributed by atoms with Crippen LogP contribution in [0.4, 0.5) is 26.3 Å². The molecule has 218 valence electrons. The zero-order valence-electron chi connectivity index (χ0n) is 22.5. The van der Waals surface area contributed by atoms with Crippen molar-refractivity contribution in [3.8, 4) is 17.1 Å². The summed E-state index contributed by atoms with van der Waals surface area (Å²) in [7, 11) is 1.47. The van der Waals surface area contributed by atoms with Crippen LogP contribution in [0.5, 0.6) is 5.75 Å². The standard InChI is InChI=1S/C29H23F6N5O2/c1-16-9-10-36-22(13-40-11-5-7-21(27(40)41)28(30,31)32)20(16)15-42-23-8-4-6-18-19(12-17(2)37-25(18)23)26-38-24(14-39(26)3)29(33,34)35/h4-12,14H,13,15H2,1-3H3. The summed E-state index contributed by atoms with van der Waals surface area (Å²) < 4.78 is 88.2. The molecule has 5 aromatic rings. The van der Waals surface area contributed by atoms with Gasteiger partial charge in [-0.05, 0) is 49.7 Å². The topological polar surface area (TPSA) is 74.8 Å². The minimum atomic E-state index is -4.80. The minimum Gasteiger partial charge on any atom is -0.487 e. The molecule has 0 N–H and O–H groups in total. The van der Waals surface area contributed by atoms with Gasteiger partial charge in [0.05, 0.1) is 12.2 Å². The van der Waals surface area contributed by atoms with Crippen molar-refractivity contribution in [2.75, 3.05) is 0 Å². The van der Waals surface area contributed by atoms with Crippen molar-refractivity contribution in [2.24, 2.45) is 7.05 Å². The lowest BCUT2D eigenvalue weighted by molar-refractivity contribution is -0.141. The van der Waals surface area contributed by atoms with Crippen molar-refractivity contribution in [1.82, 2.24) is 24.1 Å². The molecule has 0 spiro atoms. The number of nitrogens with zero attached hydrogens (tertiary/aromatic N) is 5. The van der Waals surface area contributed by atoms with Crippen LogP contribution >= 0.6 is 0 Å². The third kappa shape index (κ3) is 5.58. The van der Waals surface area contributed by atoms with Crippen molar-refractivity contribution in [1.29, 1.82) is 0 Å². The van der Waals surface area contributed by atoms with Crippen LogP contribution in [-0.2, 0) is 32.6 Å². The Hall–Kier alpha value is -4.68. The fraction of sp³-hybridized carbons (Fsp3) is 0.241. The molecule has 13 heteroatoms. The van der Waals surface area contributed by atoms with Gasteiger partial charge in [-0.3, -0.25) is 9.78 Å². The van der Waals surface area contributed by atoms with Gasteiger partial charge in [-0.15, -0.1) is 0 Å². The summed E-state index contributed by atoms with van der Waals surface area (Å²) in [6.07, 6.45) is -5.75. The Bertz CT molecular complexity index is 1860. The number of pyridine rings is 3. The fourth-order valence-electron chi connectivity index (χ4n) is 4.67. The highest BCUT2D eigenvalue weighted by Gasteiger charge is 2.35. The normalized spacial score (nSPS) is 12.2. The number of aryl methyl sites for hydroxylation is 3. The molecule has 0 atom stereocenters. The van der Waals surface area contributed by atoms with Crippen LogP contribution in [-0.4, -0.2) is 24.1 Å². The van der Waals surface area contributed by atoms with E-state index in [2.05, 4.69) is 15.0 Å². The third-order valence-corrected chi connectivity index (χ3v) is 6.74. The number of rotatable bonds is 6. The van der Waals surface area contributed by atoms with Crippen LogP contribution in [0, 0.1) is 13.8 Å². The van der Waals surface area contributed by atoms with Crippen molar-refractivity contribution in [2.45, 2.75) is 39.4 Å². The molecule has 0 aliphatic rings. The second-order valence-corrected chi connectivity index (χ2v) is 9.72. The van der Waals surface area contributed by atoms with Crippen LogP contribution < -0.4 is 10.3 Å². The number of alkyl halides is 6. The van der Waals surface area contributed by atoms with Gasteiger partial charge in [0.1, 0.15) is 29.3 Å². The molecule has 0 bridgehead atoms. The van der Waals surface area contributed by atoms with Gasteiger partial charge >= 0.3 is 12.4 Å². The first-order chi connectivity index (χ1) is 19.7. The maximum absolute atomic E-state index is 13.3. The number of halogens is 6. The summed E-state index contributed by atoms with van der Waals surface area (Å²) in [6, 6.07) is 10.3. The highest BCUT2D eigenvalue weighted by molar-refractivity contribution is 5.96. The number of hydrogen-bond donors (Lipinski definition) is 0. The molecule has 1 aromatic carbocycles. The largest absolute Gasteiger partial charge is 0.487 e. The molecule has 0 aliphatic carbocycles. The summed E-state index contributed by atoms with van der Waals surface area (Å²) in [4.78, 5) is 25.2. The average Bonchev–Trinajstić information content (AvgIpc) is 3.30. The minimum absolute atomic E-state index is 0.0621. The Balaban J connectivity index is 1.51. The number of fused-ring (bicyclic) bond motifs is 1. The lowest BCUT2D eigenvalue weighted by Gasteiger charge is -2.16. The molecule has 42 heavy (non-hydrogen) atoms. The predicted molar refractivity (Wildman–Crippen MR) is 142 cm³/mol. The van der Waals surface area contributed by atoms with Crippen LogP contribution in [0.25, 0.3) is 22.3 Å². The zero-order chi connectivity index (χ0) is 30.4. The maximum atomic E-state index is 13.3. The van der Waals surface area contributed by atoms with E-state index in [1.807, 2.05) is 0 Å². The van der Waals surface area contributed by atoms with Gasteiger partial charge in [-0.1, -0.05) is 12.1 Å². The van der Waals surface area contributed by atoms with E-state index in [0.29, 0.717) is 39.2 Å². The first-order valence-corrected chi connectivity index (χ1v) is 12.6. The van der Waals surface area contributed by atoms with Crippen molar-refractivity contribution < 1.29 is 31.1 Å². The number of para-hydroxylation sites is 1. The summed E-state index contributed by atoms with van der Waals surface area (Å²) in [5.74, 6) is 0.431. The maximum Gasteiger partial charge on any atom is 0.434 e. The lowest BCUT2D eigenvalue weighted by Crippen LogP contribution is -2.29.